The van der Waals surface area contributed by atoms with Crippen molar-refractivity contribution in [1.82, 2.24) is 0 Å². The predicted molar refractivity (Wildman–Crippen MR) is 64.1 cm³/mol. The lowest BCUT2D eigenvalue weighted by atomic mass is 10.0. The van der Waals surface area contributed by atoms with E-state index in [1.165, 1.54) is 6.07 Å². The smallest absolute Gasteiger partial charge is 0.339 e. The molecule has 1 atom stereocenters. The minimum atomic E-state index is -1.51. The molecule has 0 amide bonds. The van der Waals surface area contributed by atoms with Crippen LogP contribution in [0, 0.1) is 0 Å². The fraction of sp³-hybridized carbons (Fsp3) is 0.417. The van der Waals surface area contributed by atoms with E-state index in [0.29, 0.717) is 17.0 Å². The Morgan fingerprint density at radius 2 is 2.12 bits per heavy atom. The van der Waals surface area contributed by atoms with Gasteiger partial charge in [0, 0.05) is 10.6 Å². The lowest BCUT2D eigenvalue weighted by Crippen LogP contribution is -2.15. The molecular weight excluding hydrogens is 244 g/mol. The van der Waals surface area contributed by atoms with Gasteiger partial charge in [0.1, 0.15) is 5.75 Å². The fourth-order valence-corrected chi connectivity index (χ4v) is 1.75. The summed E-state index contributed by atoms with van der Waals surface area (Å²) in [6.07, 6.45) is -0.964. The van der Waals surface area contributed by atoms with E-state index in [4.69, 9.17) is 11.6 Å². The van der Waals surface area contributed by atoms with E-state index in [2.05, 4.69) is 4.74 Å². The number of benzene rings is 1. The van der Waals surface area contributed by atoms with Crippen LogP contribution in [-0.4, -0.2) is 22.8 Å². The monoisotopic (exact) mass is 258 g/mol. The normalized spacial score (nSPS) is 12.2. The standard InChI is InChI=1S/C12H15ClO4/c1-3-7-5-8(13)6-9(10(7)14)11(15)12(16)17-4-2/h5-6,11,14-15H,3-4H2,1-2H3. The first kappa shape index (κ1) is 13.8. The summed E-state index contributed by atoms with van der Waals surface area (Å²) in [7, 11) is 0. The van der Waals surface area contributed by atoms with Gasteiger partial charge >= 0.3 is 5.97 Å². The second-order valence-corrected chi connectivity index (χ2v) is 3.95. The summed E-state index contributed by atoms with van der Waals surface area (Å²) in [5.41, 5.74) is 0.656. The number of hydrogen-bond donors (Lipinski definition) is 2. The molecule has 1 unspecified atom stereocenters. The van der Waals surface area contributed by atoms with E-state index in [0.717, 1.165) is 0 Å². The molecule has 1 aromatic carbocycles. The van der Waals surface area contributed by atoms with Gasteiger partial charge in [0.2, 0.25) is 0 Å². The Morgan fingerprint density at radius 3 is 2.65 bits per heavy atom. The zero-order valence-corrected chi connectivity index (χ0v) is 10.5. The van der Waals surface area contributed by atoms with Crippen molar-refractivity contribution in [2.24, 2.45) is 0 Å². The molecule has 94 valence electrons. The molecule has 0 bridgehead atoms. The molecule has 0 saturated carbocycles. The molecule has 0 aromatic heterocycles. The highest BCUT2D eigenvalue weighted by Crippen LogP contribution is 2.32. The summed E-state index contributed by atoms with van der Waals surface area (Å²) in [5.74, 6) is -0.912. The first-order valence-corrected chi connectivity index (χ1v) is 5.75. The van der Waals surface area contributed by atoms with Gasteiger partial charge in [-0.1, -0.05) is 18.5 Å². The second-order valence-electron chi connectivity index (χ2n) is 3.51. The molecule has 0 spiro atoms. The van der Waals surface area contributed by atoms with Gasteiger partial charge in [0.25, 0.3) is 0 Å². The third-order valence-corrected chi connectivity index (χ3v) is 2.59. The first-order chi connectivity index (χ1) is 8.01. The van der Waals surface area contributed by atoms with E-state index < -0.39 is 12.1 Å². The van der Waals surface area contributed by atoms with Gasteiger partial charge < -0.3 is 14.9 Å². The van der Waals surface area contributed by atoms with Crippen LogP contribution in [0.25, 0.3) is 0 Å². The Morgan fingerprint density at radius 1 is 1.47 bits per heavy atom. The van der Waals surface area contributed by atoms with Crippen LogP contribution in [0.3, 0.4) is 0 Å². The van der Waals surface area contributed by atoms with Crippen molar-refractivity contribution in [3.63, 3.8) is 0 Å². The van der Waals surface area contributed by atoms with Gasteiger partial charge in [0.15, 0.2) is 6.10 Å². The summed E-state index contributed by atoms with van der Waals surface area (Å²) in [5, 5.41) is 20.0. The lowest BCUT2D eigenvalue weighted by molar-refractivity contribution is -0.153. The molecule has 1 rings (SSSR count). The van der Waals surface area contributed by atoms with Crippen molar-refractivity contribution >= 4 is 17.6 Å². The molecule has 0 fully saturated rings. The number of phenolic OH excluding ortho intramolecular Hbond substituents is 1. The van der Waals surface area contributed by atoms with Gasteiger partial charge in [-0.15, -0.1) is 0 Å². The Labute approximate surface area is 105 Å². The Bertz CT molecular complexity index is 417. The summed E-state index contributed by atoms with van der Waals surface area (Å²) in [4.78, 5) is 11.4. The quantitative estimate of drug-likeness (QED) is 0.813. The van der Waals surface area contributed by atoms with Crippen molar-refractivity contribution in [1.29, 1.82) is 0 Å². The van der Waals surface area contributed by atoms with E-state index in [1.807, 2.05) is 6.92 Å². The molecule has 0 aliphatic rings. The molecule has 1 aromatic rings. The van der Waals surface area contributed by atoms with E-state index >= 15 is 0 Å². The predicted octanol–water partition coefficient (Wildman–Crippen LogP) is 2.20. The number of aliphatic hydroxyl groups excluding tert-OH is 1. The maximum Gasteiger partial charge on any atom is 0.339 e. The van der Waals surface area contributed by atoms with E-state index in [9.17, 15) is 15.0 Å². The number of carbonyl (C=O) groups excluding carboxylic acids is 1. The van der Waals surface area contributed by atoms with Crippen molar-refractivity contribution in [2.45, 2.75) is 26.4 Å². The number of aryl methyl sites for hydroxylation is 1. The number of carbonyl (C=O) groups is 1. The number of ether oxygens (including phenoxy) is 1. The number of rotatable bonds is 4. The Hall–Kier alpha value is -1.26. The molecule has 0 aliphatic carbocycles. The van der Waals surface area contributed by atoms with Crippen molar-refractivity contribution in [2.75, 3.05) is 6.61 Å². The zero-order valence-electron chi connectivity index (χ0n) is 9.74. The number of aliphatic hydroxyl groups is 1. The summed E-state index contributed by atoms with van der Waals surface area (Å²) in [6.45, 7) is 3.64. The minimum Gasteiger partial charge on any atom is -0.507 e. The number of esters is 1. The van der Waals surface area contributed by atoms with E-state index in [1.54, 1.807) is 13.0 Å². The summed E-state index contributed by atoms with van der Waals surface area (Å²) < 4.78 is 4.68. The van der Waals surface area contributed by atoms with Crippen LogP contribution in [0.4, 0.5) is 0 Å². The molecule has 0 saturated heterocycles. The highest BCUT2D eigenvalue weighted by Gasteiger charge is 2.23. The molecular formula is C12H15ClO4. The Balaban J connectivity index is 3.12. The summed E-state index contributed by atoms with van der Waals surface area (Å²) >= 11 is 5.85. The van der Waals surface area contributed by atoms with Crippen LogP contribution in [0.5, 0.6) is 5.75 Å². The molecule has 17 heavy (non-hydrogen) atoms. The van der Waals surface area contributed by atoms with Gasteiger partial charge in [-0.3, -0.25) is 0 Å². The van der Waals surface area contributed by atoms with Crippen molar-refractivity contribution in [3.05, 3.63) is 28.3 Å². The molecule has 5 heteroatoms. The molecule has 0 aliphatic heterocycles. The average Bonchev–Trinajstić information content (AvgIpc) is 2.31. The van der Waals surface area contributed by atoms with Crippen molar-refractivity contribution in [3.8, 4) is 5.75 Å². The number of hydrogen-bond acceptors (Lipinski definition) is 4. The third-order valence-electron chi connectivity index (χ3n) is 2.37. The zero-order chi connectivity index (χ0) is 13.0. The second kappa shape index (κ2) is 5.89. The molecule has 0 radical (unpaired) electrons. The highest BCUT2D eigenvalue weighted by molar-refractivity contribution is 6.30. The molecule has 4 nitrogen and oxygen atoms in total. The molecule has 2 N–H and O–H groups in total. The maximum atomic E-state index is 11.4. The van der Waals surface area contributed by atoms with Crippen LogP contribution < -0.4 is 0 Å². The largest absolute Gasteiger partial charge is 0.507 e. The van der Waals surface area contributed by atoms with Crippen LogP contribution in [0.15, 0.2) is 12.1 Å². The third kappa shape index (κ3) is 3.11. The minimum absolute atomic E-state index is 0.0767. The van der Waals surface area contributed by atoms with Crippen molar-refractivity contribution < 1.29 is 19.7 Å². The van der Waals surface area contributed by atoms with Gasteiger partial charge in [-0.2, -0.15) is 0 Å². The Kier molecular flexibility index (Phi) is 4.78. The van der Waals surface area contributed by atoms with Crippen LogP contribution in [0.1, 0.15) is 31.1 Å². The van der Waals surface area contributed by atoms with Crippen LogP contribution in [0.2, 0.25) is 5.02 Å². The number of halogens is 1. The van der Waals surface area contributed by atoms with Gasteiger partial charge in [-0.05, 0) is 31.0 Å². The van der Waals surface area contributed by atoms with Crippen LogP contribution in [-0.2, 0) is 16.0 Å². The number of aromatic hydroxyl groups is 1. The van der Waals surface area contributed by atoms with E-state index in [-0.39, 0.29) is 17.9 Å². The van der Waals surface area contributed by atoms with Gasteiger partial charge in [-0.25, -0.2) is 4.79 Å². The maximum absolute atomic E-state index is 11.4. The molecule has 0 heterocycles. The SMILES string of the molecule is CCOC(=O)C(O)c1cc(Cl)cc(CC)c1O. The fourth-order valence-electron chi connectivity index (χ4n) is 1.50. The first-order valence-electron chi connectivity index (χ1n) is 5.37. The highest BCUT2D eigenvalue weighted by atomic mass is 35.5. The number of phenols is 1. The van der Waals surface area contributed by atoms with Crippen LogP contribution >= 0.6 is 11.6 Å². The topological polar surface area (TPSA) is 66.8 Å². The average molecular weight is 259 g/mol. The van der Waals surface area contributed by atoms with Gasteiger partial charge in [0.05, 0.1) is 6.61 Å². The summed E-state index contributed by atoms with van der Waals surface area (Å²) in [6, 6.07) is 2.95. The lowest BCUT2D eigenvalue weighted by Gasteiger charge is -2.14.